The van der Waals surface area contributed by atoms with E-state index in [0.717, 1.165) is 10.9 Å². The Morgan fingerprint density at radius 1 is 1.21 bits per heavy atom. The highest BCUT2D eigenvalue weighted by atomic mass is 16.5. The van der Waals surface area contributed by atoms with Crippen LogP contribution in [0, 0.1) is 13.8 Å². The molecule has 2 aromatic rings. The zero-order valence-corrected chi connectivity index (χ0v) is 8.11. The molecule has 0 bridgehead atoms. The zero-order valence-electron chi connectivity index (χ0n) is 8.11. The molecule has 0 fully saturated rings. The lowest BCUT2D eigenvalue weighted by Crippen LogP contribution is -2.19. The van der Waals surface area contributed by atoms with Crippen LogP contribution in [0.15, 0.2) is 29.1 Å². The molecule has 72 valence electrons. The van der Waals surface area contributed by atoms with Gasteiger partial charge in [0.05, 0.1) is 5.52 Å². The van der Waals surface area contributed by atoms with Gasteiger partial charge in [-0.15, -0.1) is 4.73 Å². The fraction of sp³-hybridized carbons (Fsp3) is 0.182. The van der Waals surface area contributed by atoms with Crippen LogP contribution in [-0.2, 0) is 0 Å². The van der Waals surface area contributed by atoms with Gasteiger partial charge in [-0.05, 0) is 32.0 Å². The van der Waals surface area contributed by atoms with E-state index in [1.54, 1.807) is 19.1 Å². The van der Waals surface area contributed by atoms with Gasteiger partial charge >= 0.3 is 0 Å². The molecule has 2 rings (SSSR count). The largest absolute Gasteiger partial charge is 0.425 e. The van der Waals surface area contributed by atoms with Crippen LogP contribution >= 0.6 is 0 Å². The van der Waals surface area contributed by atoms with Crippen molar-refractivity contribution in [1.29, 1.82) is 0 Å². The molecule has 0 unspecified atom stereocenters. The van der Waals surface area contributed by atoms with Gasteiger partial charge in [-0.2, -0.15) is 0 Å². The average molecular weight is 189 g/mol. The summed E-state index contributed by atoms with van der Waals surface area (Å²) in [4.78, 5) is 11.4. The Hall–Kier alpha value is -1.77. The van der Waals surface area contributed by atoms with Crippen molar-refractivity contribution in [2.24, 2.45) is 0 Å². The van der Waals surface area contributed by atoms with Crippen LogP contribution in [0.2, 0.25) is 0 Å². The highest BCUT2D eigenvalue weighted by Gasteiger charge is 2.04. The van der Waals surface area contributed by atoms with Gasteiger partial charge in [-0.25, -0.2) is 0 Å². The van der Waals surface area contributed by atoms with Crippen LogP contribution in [0.5, 0.6) is 0 Å². The van der Waals surface area contributed by atoms with Crippen LogP contribution in [0.25, 0.3) is 10.9 Å². The molecule has 1 N–H and O–H groups in total. The molecule has 0 amide bonds. The average Bonchev–Trinajstić information content (AvgIpc) is 2.14. The van der Waals surface area contributed by atoms with Crippen molar-refractivity contribution in [1.82, 2.24) is 4.73 Å². The first kappa shape index (κ1) is 8.81. The predicted octanol–water partition coefficient (Wildman–Crippen LogP) is 1.86. The molecule has 3 nitrogen and oxygen atoms in total. The standard InChI is InChI=1S/C11H11NO2/c1-7-3-4-10-9(5-7)6-8(2)11(13)12(10)14/h3-6,14H,1-2H3. The molecule has 3 heteroatoms. The topological polar surface area (TPSA) is 42.2 Å². The molecule has 1 aromatic heterocycles. The van der Waals surface area contributed by atoms with Crippen molar-refractivity contribution in [2.45, 2.75) is 13.8 Å². The van der Waals surface area contributed by atoms with E-state index in [4.69, 9.17) is 0 Å². The normalized spacial score (nSPS) is 10.7. The summed E-state index contributed by atoms with van der Waals surface area (Å²) in [5, 5.41) is 10.4. The zero-order chi connectivity index (χ0) is 10.3. The van der Waals surface area contributed by atoms with E-state index >= 15 is 0 Å². The van der Waals surface area contributed by atoms with Crippen molar-refractivity contribution in [3.63, 3.8) is 0 Å². The van der Waals surface area contributed by atoms with E-state index < -0.39 is 0 Å². The third-order valence-corrected chi connectivity index (χ3v) is 2.31. The number of aromatic nitrogens is 1. The van der Waals surface area contributed by atoms with Crippen LogP contribution in [0.1, 0.15) is 11.1 Å². The maximum absolute atomic E-state index is 11.4. The molecule has 1 aromatic carbocycles. The summed E-state index contributed by atoms with van der Waals surface area (Å²) >= 11 is 0. The number of hydrogen-bond acceptors (Lipinski definition) is 2. The van der Waals surface area contributed by atoms with Crippen molar-refractivity contribution in [3.8, 4) is 0 Å². The van der Waals surface area contributed by atoms with E-state index in [9.17, 15) is 10.0 Å². The predicted molar refractivity (Wildman–Crippen MR) is 54.9 cm³/mol. The second-order valence-electron chi connectivity index (χ2n) is 3.51. The number of benzene rings is 1. The Kier molecular flexibility index (Phi) is 1.81. The maximum atomic E-state index is 11.4. The second kappa shape index (κ2) is 2.87. The summed E-state index contributed by atoms with van der Waals surface area (Å²) in [5.74, 6) is 0. The van der Waals surface area contributed by atoms with Crippen molar-refractivity contribution >= 4 is 10.9 Å². The molecule has 0 saturated heterocycles. The Labute approximate surface area is 81.2 Å². The number of nitrogens with zero attached hydrogens (tertiary/aromatic N) is 1. The molecule has 0 radical (unpaired) electrons. The number of rotatable bonds is 0. The summed E-state index contributed by atoms with van der Waals surface area (Å²) in [7, 11) is 0. The first-order valence-electron chi connectivity index (χ1n) is 4.42. The Balaban J connectivity index is 2.98. The number of aryl methyl sites for hydroxylation is 2. The van der Waals surface area contributed by atoms with E-state index in [0.29, 0.717) is 15.8 Å². The van der Waals surface area contributed by atoms with Crippen molar-refractivity contribution in [2.75, 3.05) is 0 Å². The van der Waals surface area contributed by atoms with Gasteiger partial charge < -0.3 is 5.21 Å². The molecule has 0 aliphatic heterocycles. The van der Waals surface area contributed by atoms with E-state index in [1.165, 1.54) is 0 Å². The summed E-state index contributed by atoms with van der Waals surface area (Å²) < 4.78 is 0.699. The van der Waals surface area contributed by atoms with Crippen LogP contribution < -0.4 is 5.56 Å². The van der Waals surface area contributed by atoms with Gasteiger partial charge in [0, 0.05) is 10.9 Å². The smallest absolute Gasteiger partial charge is 0.286 e. The fourth-order valence-corrected chi connectivity index (χ4v) is 1.55. The summed E-state index contributed by atoms with van der Waals surface area (Å²) in [5.41, 5.74) is 1.84. The van der Waals surface area contributed by atoms with Gasteiger partial charge in [0.25, 0.3) is 5.56 Å². The minimum atomic E-state index is -0.360. The highest BCUT2D eigenvalue weighted by molar-refractivity contribution is 5.80. The Morgan fingerprint density at radius 3 is 2.64 bits per heavy atom. The van der Waals surface area contributed by atoms with Crippen LogP contribution in [-0.4, -0.2) is 9.94 Å². The van der Waals surface area contributed by atoms with Crippen molar-refractivity contribution < 1.29 is 5.21 Å². The molecule has 1 heterocycles. The lowest BCUT2D eigenvalue weighted by Gasteiger charge is -2.05. The number of fused-ring (bicyclic) bond motifs is 1. The van der Waals surface area contributed by atoms with Crippen LogP contribution in [0.4, 0.5) is 0 Å². The van der Waals surface area contributed by atoms with Gasteiger partial charge in [0.1, 0.15) is 0 Å². The summed E-state index contributed by atoms with van der Waals surface area (Å²) in [6.45, 7) is 3.67. The molecule has 0 saturated carbocycles. The van der Waals surface area contributed by atoms with E-state index in [-0.39, 0.29) is 5.56 Å². The SMILES string of the molecule is Cc1ccc2c(c1)cc(C)c(=O)n2O. The Bertz CT molecular complexity index is 555. The first-order valence-corrected chi connectivity index (χ1v) is 4.42. The van der Waals surface area contributed by atoms with Gasteiger partial charge in [0.2, 0.25) is 0 Å². The molecule has 0 aliphatic carbocycles. The lowest BCUT2D eigenvalue weighted by molar-refractivity contribution is 0.188. The molecule has 0 aliphatic rings. The molecular formula is C11H11NO2. The molecule has 0 atom stereocenters. The van der Waals surface area contributed by atoms with E-state index in [1.807, 2.05) is 19.1 Å². The van der Waals surface area contributed by atoms with Gasteiger partial charge in [-0.1, -0.05) is 11.6 Å². The lowest BCUT2D eigenvalue weighted by atomic mass is 10.1. The molecule has 0 spiro atoms. The minimum Gasteiger partial charge on any atom is -0.425 e. The molecule has 14 heavy (non-hydrogen) atoms. The van der Waals surface area contributed by atoms with Gasteiger partial charge in [0.15, 0.2) is 0 Å². The van der Waals surface area contributed by atoms with Crippen LogP contribution in [0.3, 0.4) is 0 Å². The highest BCUT2D eigenvalue weighted by Crippen LogP contribution is 2.14. The minimum absolute atomic E-state index is 0.360. The maximum Gasteiger partial charge on any atom is 0.286 e. The first-order chi connectivity index (χ1) is 6.59. The monoisotopic (exact) mass is 189 g/mol. The van der Waals surface area contributed by atoms with Crippen molar-refractivity contribution in [3.05, 3.63) is 45.7 Å². The van der Waals surface area contributed by atoms with Gasteiger partial charge in [-0.3, -0.25) is 4.79 Å². The number of hydrogen-bond donors (Lipinski definition) is 1. The fourth-order valence-electron chi connectivity index (χ4n) is 1.55. The summed E-state index contributed by atoms with van der Waals surface area (Å²) in [6.07, 6.45) is 0. The third kappa shape index (κ3) is 1.18. The second-order valence-corrected chi connectivity index (χ2v) is 3.51. The third-order valence-electron chi connectivity index (χ3n) is 2.31. The number of pyridine rings is 1. The quantitative estimate of drug-likeness (QED) is 0.643. The summed E-state index contributed by atoms with van der Waals surface area (Å²) in [6, 6.07) is 7.33. The Morgan fingerprint density at radius 2 is 1.93 bits per heavy atom. The van der Waals surface area contributed by atoms with E-state index in [2.05, 4.69) is 0 Å². The molecular weight excluding hydrogens is 178 g/mol.